The molecule has 0 radical (unpaired) electrons. The van der Waals surface area contributed by atoms with E-state index in [-0.39, 0.29) is 11.7 Å². The second kappa shape index (κ2) is 6.78. The van der Waals surface area contributed by atoms with E-state index in [1.807, 2.05) is 0 Å². The van der Waals surface area contributed by atoms with Crippen LogP contribution in [0.4, 0.5) is 16.6 Å². The molecule has 0 saturated carbocycles. The van der Waals surface area contributed by atoms with Crippen LogP contribution in [0, 0.1) is 5.92 Å². The molecule has 0 bridgehead atoms. The van der Waals surface area contributed by atoms with Crippen molar-refractivity contribution in [3.05, 3.63) is 34.2 Å². The topological polar surface area (TPSA) is 80.0 Å². The van der Waals surface area contributed by atoms with Gasteiger partial charge in [-0.3, -0.25) is 4.79 Å². The fourth-order valence-corrected chi connectivity index (χ4v) is 2.50. The number of benzene rings is 1. The third-order valence-corrected chi connectivity index (χ3v) is 3.90. The van der Waals surface area contributed by atoms with Gasteiger partial charge in [0.2, 0.25) is 0 Å². The number of hydrogen-bond donors (Lipinski definition) is 3. The molecule has 1 heterocycles. The van der Waals surface area contributed by atoms with Crippen LogP contribution in [-0.2, 0) is 0 Å². The Labute approximate surface area is 132 Å². The minimum Gasteiger partial charge on any atom is -0.382 e. The summed E-state index contributed by atoms with van der Waals surface area (Å²) in [5, 5.41) is 7.20. The molecule has 0 spiro atoms. The van der Waals surface area contributed by atoms with E-state index in [4.69, 9.17) is 17.3 Å². The second-order valence-corrected chi connectivity index (χ2v) is 6.40. The summed E-state index contributed by atoms with van der Waals surface area (Å²) in [4.78, 5) is 16.8. The summed E-state index contributed by atoms with van der Waals surface area (Å²) >= 11 is 7.05. The Morgan fingerprint density at radius 3 is 2.67 bits per heavy atom. The Morgan fingerprint density at radius 2 is 2.05 bits per heavy atom. The molecule has 21 heavy (non-hydrogen) atoms. The van der Waals surface area contributed by atoms with E-state index in [2.05, 4.69) is 29.5 Å². The number of thiazole rings is 1. The number of amides is 1. The molecule has 5 nitrogen and oxygen atoms in total. The number of aromatic nitrogens is 1. The van der Waals surface area contributed by atoms with Gasteiger partial charge in [-0.1, -0.05) is 36.8 Å². The molecule has 0 unspecified atom stereocenters. The lowest BCUT2D eigenvalue weighted by Crippen LogP contribution is -2.12. The van der Waals surface area contributed by atoms with E-state index in [0.717, 1.165) is 6.54 Å². The minimum atomic E-state index is -0.273. The first-order chi connectivity index (χ1) is 9.95. The highest BCUT2D eigenvalue weighted by molar-refractivity contribution is 7.18. The van der Waals surface area contributed by atoms with Crippen LogP contribution in [-0.4, -0.2) is 17.4 Å². The summed E-state index contributed by atoms with van der Waals surface area (Å²) < 4.78 is 0. The first-order valence-corrected chi connectivity index (χ1v) is 7.72. The van der Waals surface area contributed by atoms with E-state index in [1.165, 1.54) is 11.3 Å². The molecule has 1 aromatic carbocycles. The van der Waals surface area contributed by atoms with Gasteiger partial charge in [0.05, 0.1) is 0 Å². The average Bonchev–Trinajstić information content (AvgIpc) is 2.80. The monoisotopic (exact) mass is 324 g/mol. The van der Waals surface area contributed by atoms with Gasteiger partial charge in [0, 0.05) is 17.3 Å². The van der Waals surface area contributed by atoms with Crippen LogP contribution in [0.15, 0.2) is 24.3 Å². The summed E-state index contributed by atoms with van der Waals surface area (Å²) in [7, 11) is 0. The maximum atomic E-state index is 12.2. The smallest absolute Gasteiger partial charge is 0.269 e. The highest BCUT2D eigenvalue weighted by atomic mass is 35.5. The number of halogens is 1. The molecule has 0 aliphatic rings. The molecule has 0 aliphatic heterocycles. The third kappa shape index (κ3) is 4.34. The van der Waals surface area contributed by atoms with Crippen molar-refractivity contribution in [1.29, 1.82) is 0 Å². The SMILES string of the molecule is CC(C)CNc1nc(N)c(C(=O)Nc2ccc(Cl)cc2)s1. The number of anilines is 3. The molecule has 0 fully saturated rings. The van der Waals surface area contributed by atoms with Crippen molar-refractivity contribution >= 4 is 45.5 Å². The summed E-state index contributed by atoms with van der Waals surface area (Å²) in [5.41, 5.74) is 6.46. The number of carbonyl (C=O) groups excluding carboxylic acids is 1. The van der Waals surface area contributed by atoms with Gasteiger partial charge >= 0.3 is 0 Å². The van der Waals surface area contributed by atoms with Crippen LogP contribution >= 0.6 is 22.9 Å². The molecule has 1 amide bonds. The Hall–Kier alpha value is -1.79. The lowest BCUT2D eigenvalue weighted by atomic mass is 10.2. The molecule has 112 valence electrons. The molecule has 1 aromatic heterocycles. The van der Waals surface area contributed by atoms with E-state index in [9.17, 15) is 4.79 Å². The molecule has 0 saturated heterocycles. The van der Waals surface area contributed by atoms with Crippen LogP contribution in [0.2, 0.25) is 5.02 Å². The van der Waals surface area contributed by atoms with Crippen LogP contribution in [0.5, 0.6) is 0 Å². The largest absolute Gasteiger partial charge is 0.382 e. The number of nitrogens with one attached hydrogen (secondary N) is 2. The van der Waals surface area contributed by atoms with Crippen molar-refractivity contribution in [3.8, 4) is 0 Å². The molecule has 2 aromatic rings. The number of nitrogens with two attached hydrogens (primary N) is 1. The van der Waals surface area contributed by atoms with Gasteiger partial charge < -0.3 is 16.4 Å². The van der Waals surface area contributed by atoms with Crippen molar-refractivity contribution in [1.82, 2.24) is 4.98 Å². The van der Waals surface area contributed by atoms with Crippen molar-refractivity contribution in [2.45, 2.75) is 13.8 Å². The lowest BCUT2D eigenvalue weighted by molar-refractivity contribution is 0.103. The first kappa shape index (κ1) is 15.6. The maximum absolute atomic E-state index is 12.2. The standard InChI is InChI=1S/C14H17ClN4OS/c1-8(2)7-17-14-19-12(16)11(21-14)13(20)18-10-5-3-9(15)4-6-10/h3-6,8H,7,16H2,1-2H3,(H,17,19)(H,18,20). The van der Waals surface area contributed by atoms with Gasteiger partial charge in [-0.05, 0) is 30.2 Å². The Bertz CT molecular complexity index is 624. The van der Waals surface area contributed by atoms with Crippen LogP contribution < -0.4 is 16.4 Å². The Balaban J connectivity index is 2.06. The van der Waals surface area contributed by atoms with Crippen LogP contribution in [0.1, 0.15) is 23.5 Å². The molecule has 0 aliphatic carbocycles. The average molecular weight is 325 g/mol. The van der Waals surface area contributed by atoms with Gasteiger partial charge in [-0.2, -0.15) is 0 Å². The third-order valence-electron chi connectivity index (χ3n) is 2.62. The summed E-state index contributed by atoms with van der Waals surface area (Å²) in [6.45, 7) is 4.97. The summed E-state index contributed by atoms with van der Waals surface area (Å²) in [6, 6.07) is 6.89. The highest BCUT2D eigenvalue weighted by Gasteiger charge is 2.16. The Morgan fingerprint density at radius 1 is 1.38 bits per heavy atom. The number of nitrogens with zero attached hydrogens (tertiary/aromatic N) is 1. The number of hydrogen-bond acceptors (Lipinski definition) is 5. The molecule has 2 rings (SSSR count). The van der Waals surface area contributed by atoms with Gasteiger partial charge in [-0.15, -0.1) is 0 Å². The van der Waals surface area contributed by atoms with Crippen molar-refractivity contribution < 1.29 is 4.79 Å². The zero-order valence-electron chi connectivity index (χ0n) is 11.8. The van der Waals surface area contributed by atoms with E-state index in [0.29, 0.717) is 26.6 Å². The van der Waals surface area contributed by atoms with Gasteiger partial charge in [-0.25, -0.2) is 4.98 Å². The van der Waals surface area contributed by atoms with Crippen molar-refractivity contribution in [3.63, 3.8) is 0 Å². The Kier molecular flexibility index (Phi) is 5.03. The zero-order valence-corrected chi connectivity index (χ0v) is 13.4. The van der Waals surface area contributed by atoms with Crippen LogP contribution in [0.25, 0.3) is 0 Å². The number of carbonyl (C=O) groups is 1. The maximum Gasteiger partial charge on any atom is 0.269 e. The van der Waals surface area contributed by atoms with Gasteiger partial charge in [0.15, 0.2) is 5.13 Å². The van der Waals surface area contributed by atoms with E-state index in [1.54, 1.807) is 24.3 Å². The normalized spacial score (nSPS) is 10.7. The number of nitrogen functional groups attached to an aromatic ring is 1. The predicted molar refractivity (Wildman–Crippen MR) is 89.3 cm³/mol. The quantitative estimate of drug-likeness (QED) is 0.783. The number of rotatable bonds is 5. The lowest BCUT2D eigenvalue weighted by Gasteiger charge is -2.04. The first-order valence-electron chi connectivity index (χ1n) is 6.53. The van der Waals surface area contributed by atoms with Crippen LogP contribution in [0.3, 0.4) is 0 Å². The fourth-order valence-electron chi connectivity index (χ4n) is 1.58. The second-order valence-electron chi connectivity index (χ2n) is 4.97. The molecule has 4 N–H and O–H groups in total. The fraction of sp³-hybridized carbons (Fsp3) is 0.286. The summed E-state index contributed by atoms with van der Waals surface area (Å²) in [5.74, 6) is 0.448. The molecular formula is C14H17ClN4OS. The molecule has 7 heteroatoms. The molecular weight excluding hydrogens is 308 g/mol. The predicted octanol–water partition coefficient (Wildman–Crippen LogP) is 3.70. The van der Waals surface area contributed by atoms with Crippen molar-refractivity contribution in [2.24, 2.45) is 5.92 Å². The van der Waals surface area contributed by atoms with Gasteiger partial charge in [0.1, 0.15) is 10.7 Å². The molecule has 0 atom stereocenters. The zero-order chi connectivity index (χ0) is 15.4. The van der Waals surface area contributed by atoms with Crippen molar-refractivity contribution in [2.75, 3.05) is 22.9 Å². The summed E-state index contributed by atoms with van der Waals surface area (Å²) in [6.07, 6.45) is 0. The van der Waals surface area contributed by atoms with E-state index >= 15 is 0 Å². The highest BCUT2D eigenvalue weighted by Crippen LogP contribution is 2.26. The van der Waals surface area contributed by atoms with E-state index < -0.39 is 0 Å². The van der Waals surface area contributed by atoms with Gasteiger partial charge in [0.25, 0.3) is 5.91 Å². The minimum absolute atomic E-state index is 0.234.